The van der Waals surface area contributed by atoms with Crippen LogP contribution in [0.2, 0.25) is 0 Å². The highest BCUT2D eigenvalue weighted by Gasteiger charge is 2.35. The van der Waals surface area contributed by atoms with Crippen LogP contribution in [0.15, 0.2) is 30.6 Å². The summed E-state index contributed by atoms with van der Waals surface area (Å²) in [6, 6.07) is 7.19. The number of rotatable bonds is 7. The zero-order valence-corrected chi connectivity index (χ0v) is 15.8. The third-order valence-electron chi connectivity index (χ3n) is 5.32. The predicted molar refractivity (Wildman–Crippen MR) is 102 cm³/mol. The van der Waals surface area contributed by atoms with E-state index in [0.29, 0.717) is 25.4 Å². The number of carboxylic acids is 1. The first-order chi connectivity index (χ1) is 13.7. The smallest absolute Gasteiger partial charge is 0.327 e. The van der Waals surface area contributed by atoms with Gasteiger partial charge in [0.1, 0.15) is 12.4 Å². The van der Waals surface area contributed by atoms with E-state index in [1.807, 2.05) is 29.2 Å². The Morgan fingerprint density at radius 2 is 2.18 bits per heavy atom. The number of fused-ring (bicyclic) bond motifs is 1. The maximum absolute atomic E-state index is 11.8. The van der Waals surface area contributed by atoms with Crippen molar-refractivity contribution in [2.24, 2.45) is 0 Å². The van der Waals surface area contributed by atoms with Crippen LogP contribution in [0.4, 0.5) is 0 Å². The van der Waals surface area contributed by atoms with Crippen molar-refractivity contribution in [2.75, 3.05) is 46.0 Å². The molecule has 1 aromatic carbocycles. The van der Waals surface area contributed by atoms with Crippen molar-refractivity contribution < 1.29 is 19.4 Å². The predicted octanol–water partition coefficient (Wildman–Crippen LogP) is 1.30. The van der Waals surface area contributed by atoms with Gasteiger partial charge in [0.2, 0.25) is 0 Å². The molecular formula is C20H26N4O4. The molecule has 2 aliphatic heterocycles. The van der Waals surface area contributed by atoms with Crippen molar-refractivity contribution in [3.8, 4) is 5.75 Å². The molecule has 0 amide bonds. The highest BCUT2D eigenvalue weighted by atomic mass is 16.5. The fourth-order valence-corrected chi connectivity index (χ4v) is 3.85. The lowest BCUT2D eigenvalue weighted by molar-refractivity contribution is -0.144. The first-order valence-corrected chi connectivity index (χ1v) is 9.71. The molecule has 1 atom stereocenters. The summed E-state index contributed by atoms with van der Waals surface area (Å²) in [5.41, 5.74) is 2.58. The van der Waals surface area contributed by atoms with Crippen molar-refractivity contribution in [2.45, 2.75) is 19.0 Å². The summed E-state index contributed by atoms with van der Waals surface area (Å²) < 4.78 is 11.3. The van der Waals surface area contributed by atoms with Crippen molar-refractivity contribution in [3.63, 3.8) is 0 Å². The number of nitrogens with zero attached hydrogens (tertiary/aromatic N) is 3. The Bertz CT molecular complexity index is 803. The third-order valence-corrected chi connectivity index (χ3v) is 5.32. The second-order valence-corrected chi connectivity index (χ2v) is 7.18. The number of aromatic nitrogens is 2. The maximum atomic E-state index is 11.8. The van der Waals surface area contributed by atoms with E-state index in [1.54, 1.807) is 6.33 Å². The second-order valence-electron chi connectivity index (χ2n) is 7.18. The van der Waals surface area contributed by atoms with Gasteiger partial charge in [-0.15, -0.1) is 0 Å². The molecule has 1 aromatic heterocycles. The molecule has 3 heterocycles. The van der Waals surface area contributed by atoms with Crippen molar-refractivity contribution in [1.82, 2.24) is 19.8 Å². The number of nitrogens with one attached hydrogen (secondary N) is 1. The number of carboxylic acid groups (broad SMARTS) is 1. The molecule has 8 nitrogen and oxygen atoms in total. The van der Waals surface area contributed by atoms with E-state index in [0.717, 1.165) is 56.3 Å². The van der Waals surface area contributed by atoms with Crippen LogP contribution < -0.4 is 4.74 Å². The lowest BCUT2D eigenvalue weighted by atomic mass is 10.0. The molecule has 0 saturated carbocycles. The SMILES string of the molecule is O=C(O)[C@@H]1c2nc[nH]c2CCN1Cc1cccc(OCCN2CCOCC2)c1. The van der Waals surface area contributed by atoms with E-state index < -0.39 is 12.0 Å². The molecule has 2 aromatic rings. The number of benzene rings is 1. The molecule has 0 bridgehead atoms. The highest BCUT2D eigenvalue weighted by Crippen LogP contribution is 2.29. The number of carbonyl (C=O) groups is 1. The molecule has 0 unspecified atom stereocenters. The molecule has 4 rings (SSSR count). The average Bonchev–Trinajstić information content (AvgIpc) is 3.17. The number of morpholine rings is 1. The topological polar surface area (TPSA) is 90.9 Å². The van der Waals surface area contributed by atoms with Crippen molar-refractivity contribution in [1.29, 1.82) is 0 Å². The van der Waals surface area contributed by atoms with Gasteiger partial charge in [0.25, 0.3) is 0 Å². The van der Waals surface area contributed by atoms with Gasteiger partial charge in [-0.25, -0.2) is 4.98 Å². The van der Waals surface area contributed by atoms with Crippen LogP contribution >= 0.6 is 0 Å². The Hall–Kier alpha value is -2.42. The van der Waals surface area contributed by atoms with Gasteiger partial charge in [-0.3, -0.25) is 14.6 Å². The number of hydrogen-bond acceptors (Lipinski definition) is 6. The Balaban J connectivity index is 1.37. The molecule has 1 saturated heterocycles. The number of ether oxygens (including phenoxy) is 2. The minimum absolute atomic E-state index is 0.546. The summed E-state index contributed by atoms with van der Waals surface area (Å²) in [7, 11) is 0. The molecule has 0 spiro atoms. The maximum Gasteiger partial charge on any atom is 0.327 e. The second kappa shape index (κ2) is 8.72. The molecule has 0 aliphatic carbocycles. The van der Waals surface area contributed by atoms with Gasteiger partial charge in [-0.2, -0.15) is 0 Å². The van der Waals surface area contributed by atoms with Crippen LogP contribution in [-0.4, -0.2) is 76.8 Å². The van der Waals surface area contributed by atoms with Crippen LogP contribution in [0.5, 0.6) is 5.75 Å². The Labute approximate surface area is 164 Å². The van der Waals surface area contributed by atoms with Crippen LogP contribution in [0.25, 0.3) is 0 Å². The fraction of sp³-hybridized carbons (Fsp3) is 0.500. The number of hydrogen-bond donors (Lipinski definition) is 2. The highest BCUT2D eigenvalue weighted by molar-refractivity contribution is 5.75. The van der Waals surface area contributed by atoms with E-state index >= 15 is 0 Å². The lowest BCUT2D eigenvalue weighted by Gasteiger charge is -2.32. The molecule has 0 radical (unpaired) electrons. The molecule has 150 valence electrons. The lowest BCUT2D eigenvalue weighted by Crippen LogP contribution is -2.39. The summed E-state index contributed by atoms with van der Waals surface area (Å²) in [6.45, 7) is 6.19. The van der Waals surface area contributed by atoms with Crippen LogP contribution in [0.1, 0.15) is 23.0 Å². The van der Waals surface area contributed by atoms with Gasteiger partial charge in [0.05, 0.1) is 25.2 Å². The molecule has 2 aliphatic rings. The number of aliphatic carboxylic acids is 1. The third kappa shape index (κ3) is 4.35. The number of aromatic amines is 1. The van der Waals surface area contributed by atoms with E-state index in [2.05, 4.69) is 14.9 Å². The minimum Gasteiger partial charge on any atom is -0.492 e. The zero-order valence-electron chi connectivity index (χ0n) is 15.8. The van der Waals surface area contributed by atoms with E-state index in [-0.39, 0.29) is 0 Å². The molecule has 2 N–H and O–H groups in total. The van der Waals surface area contributed by atoms with Gasteiger partial charge < -0.3 is 19.6 Å². The first-order valence-electron chi connectivity index (χ1n) is 9.71. The van der Waals surface area contributed by atoms with Gasteiger partial charge in [-0.1, -0.05) is 12.1 Å². The summed E-state index contributed by atoms with van der Waals surface area (Å²) >= 11 is 0. The summed E-state index contributed by atoms with van der Waals surface area (Å²) in [6.07, 6.45) is 2.35. The van der Waals surface area contributed by atoms with Crippen LogP contribution in [0, 0.1) is 0 Å². The average molecular weight is 386 g/mol. The van der Waals surface area contributed by atoms with Crippen LogP contribution in [-0.2, 0) is 22.5 Å². The largest absolute Gasteiger partial charge is 0.492 e. The van der Waals surface area contributed by atoms with Crippen molar-refractivity contribution >= 4 is 5.97 Å². The number of H-pyrrole nitrogens is 1. The Morgan fingerprint density at radius 3 is 3.00 bits per heavy atom. The van der Waals surface area contributed by atoms with Gasteiger partial charge in [0.15, 0.2) is 6.04 Å². The van der Waals surface area contributed by atoms with E-state index in [9.17, 15) is 9.90 Å². The monoisotopic (exact) mass is 386 g/mol. The van der Waals surface area contributed by atoms with Crippen LogP contribution in [0.3, 0.4) is 0 Å². The molecular weight excluding hydrogens is 360 g/mol. The van der Waals surface area contributed by atoms with E-state index in [1.165, 1.54) is 0 Å². The summed E-state index contributed by atoms with van der Waals surface area (Å²) in [5.74, 6) is -0.0546. The van der Waals surface area contributed by atoms with Crippen molar-refractivity contribution in [3.05, 3.63) is 47.5 Å². The quantitative estimate of drug-likeness (QED) is 0.741. The van der Waals surface area contributed by atoms with Gasteiger partial charge >= 0.3 is 5.97 Å². The van der Waals surface area contributed by atoms with Gasteiger partial charge in [-0.05, 0) is 17.7 Å². The molecule has 8 heteroatoms. The fourth-order valence-electron chi connectivity index (χ4n) is 3.85. The minimum atomic E-state index is -0.869. The summed E-state index contributed by atoms with van der Waals surface area (Å²) in [4.78, 5) is 23.4. The normalized spacial score (nSPS) is 20.6. The van der Waals surface area contributed by atoms with E-state index in [4.69, 9.17) is 9.47 Å². The standard InChI is InChI=1S/C20H26N4O4/c25-20(26)19-18-17(21-14-22-18)4-5-24(19)13-15-2-1-3-16(12-15)28-11-8-23-6-9-27-10-7-23/h1-3,12,14,19H,4-11,13H2,(H,21,22)(H,25,26)/t19-/m0/s1. The first kappa shape index (κ1) is 18.9. The Kier molecular flexibility index (Phi) is 5.90. The van der Waals surface area contributed by atoms with Gasteiger partial charge in [0, 0.05) is 44.8 Å². The molecule has 1 fully saturated rings. The zero-order chi connectivity index (χ0) is 19.3. The molecule has 28 heavy (non-hydrogen) atoms. The summed E-state index contributed by atoms with van der Waals surface area (Å²) in [5, 5.41) is 9.71. The Morgan fingerprint density at radius 1 is 1.32 bits per heavy atom. The number of imidazole rings is 1.